The molecule has 0 aliphatic carbocycles. The predicted octanol–water partition coefficient (Wildman–Crippen LogP) is 2.70. The Morgan fingerprint density at radius 1 is 1.20 bits per heavy atom. The van der Waals surface area contributed by atoms with Crippen molar-refractivity contribution in [3.8, 4) is 5.75 Å². The molecule has 0 amide bonds. The van der Waals surface area contributed by atoms with E-state index in [1.165, 1.54) is 0 Å². The molecular weight excluding hydrogens is 200 g/mol. The van der Waals surface area contributed by atoms with Crippen LogP contribution in [-0.2, 0) is 0 Å². The number of hydrogen-bond donors (Lipinski definition) is 0. The molecule has 1 aromatic rings. The second-order valence-electron chi connectivity index (χ2n) is 3.40. The highest BCUT2D eigenvalue weighted by Crippen LogP contribution is 2.23. The first-order chi connectivity index (χ1) is 7.25. The van der Waals surface area contributed by atoms with Crippen LogP contribution in [0.2, 0.25) is 0 Å². The van der Waals surface area contributed by atoms with Gasteiger partial charge in [0.25, 0.3) is 0 Å². The number of anilines is 1. The van der Waals surface area contributed by atoms with Crippen LogP contribution in [0.15, 0.2) is 24.3 Å². The molecule has 2 rings (SSSR count). The predicted molar refractivity (Wildman–Crippen MR) is 54.2 cm³/mol. The zero-order valence-electron chi connectivity index (χ0n) is 8.20. The Labute approximate surface area is 87.5 Å². The van der Waals surface area contributed by atoms with Crippen LogP contribution in [0.3, 0.4) is 0 Å². The highest BCUT2D eigenvalue weighted by molar-refractivity contribution is 5.50. The van der Waals surface area contributed by atoms with E-state index in [4.69, 9.17) is 0 Å². The Bertz CT molecular complexity index is 307. The molecule has 0 aromatic heterocycles. The largest absolute Gasteiger partial charge is 0.435 e. The van der Waals surface area contributed by atoms with Crippen LogP contribution in [0.25, 0.3) is 0 Å². The number of alkyl halides is 2. The van der Waals surface area contributed by atoms with E-state index in [0.717, 1.165) is 25.2 Å². The number of hydrogen-bond acceptors (Lipinski definition) is 2. The summed E-state index contributed by atoms with van der Waals surface area (Å²) >= 11 is 0. The third-order valence-electron chi connectivity index (χ3n) is 2.38. The van der Waals surface area contributed by atoms with Crippen LogP contribution < -0.4 is 9.64 Å². The summed E-state index contributed by atoms with van der Waals surface area (Å²) in [5, 5.41) is 0. The molecule has 4 heteroatoms. The third kappa shape index (κ3) is 2.58. The van der Waals surface area contributed by atoms with Crippen molar-refractivity contribution in [1.82, 2.24) is 0 Å². The van der Waals surface area contributed by atoms with Gasteiger partial charge in [0.05, 0.1) is 0 Å². The summed E-state index contributed by atoms with van der Waals surface area (Å²) in [6, 6.07) is 6.74. The topological polar surface area (TPSA) is 12.5 Å². The summed E-state index contributed by atoms with van der Waals surface area (Å²) < 4.78 is 28.0. The van der Waals surface area contributed by atoms with Crippen molar-refractivity contribution in [2.24, 2.45) is 0 Å². The summed E-state index contributed by atoms with van der Waals surface area (Å²) in [6.45, 7) is -0.833. The Morgan fingerprint density at radius 3 is 2.47 bits per heavy atom. The number of ether oxygens (including phenoxy) is 1. The summed E-state index contributed by atoms with van der Waals surface area (Å²) in [5.41, 5.74) is 1.05. The molecule has 0 bridgehead atoms. The minimum Gasteiger partial charge on any atom is -0.435 e. The maximum atomic E-state index is 11.9. The molecule has 1 radical (unpaired) electrons. The molecule has 0 spiro atoms. The lowest BCUT2D eigenvalue weighted by Crippen LogP contribution is -2.17. The van der Waals surface area contributed by atoms with E-state index in [9.17, 15) is 8.78 Å². The number of halogens is 2. The van der Waals surface area contributed by atoms with Crippen LogP contribution in [0, 0.1) is 6.42 Å². The quantitative estimate of drug-likeness (QED) is 0.763. The Balaban J connectivity index is 2.03. The van der Waals surface area contributed by atoms with Gasteiger partial charge in [-0.3, -0.25) is 0 Å². The van der Waals surface area contributed by atoms with E-state index in [0.29, 0.717) is 0 Å². The molecule has 1 aliphatic heterocycles. The fourth-order valence-electron chi connectivity index (χ4n) is 1.66. The van der Waals surface area contributed by atoms with Crippen molar-refractivity contribution in [2.75, 3.05) is 18.0 Å². The van der Waals surface area contributed by atoms with Crippen LogP contribution in [0.5, 0.6) is 5.75 Å². The average molecular weight is 212 g/mol. The van der Waals surface area contributed by atoms with E-state index in [1.807, 2.05) is 0 Å². The molecule has 0 N–H and O–H groups in total. The first-order valence-electron chi connectivity index (χ1n) is 4.87. The van der Waals surface area contributed by atoms with Gasteiger partial charge in [-0.15, -0.1) is 0 Å². The van der Waals surface area contributed by atoms with E-state index in [-0.39, 0.29) is 5.75 Å². The van der Waals surface area contributed by atoms with Gasteiger partial charge in [-0.25, -0.2) is 0 Å². The van der Waals surface area contributed by atoms with Crippen molar-refractivity contribution < 1.29 is 13.5 Å². The Hall–Kier alpha value is -1.32. The van der Waals surface area contributed by atoms with Gasteiger partial charge in [-0.1, -0.05) is 0 Å². The molecular formula is C11H12F2NO. The first kappa shape index (κ1) is 10.2. The zero-order valence-corrected chi connectivity index (χ0v) is 8.20. The van der Waals surface area contributed by atoms with Gasteiger partial charge in [-0.05, 0) is 37.1 Å². The van der Waals surface area contributed by atoms with Crippen molar-refractivity contribution in [1.29, 1.82) is 0 Å². The Kier molecular flexibility index (Phi) is 3.04. The molecule has 15 heavy (non-hydrogen) atoms. The average Bonchev–Trinajstić information content (AvgIpc) is 2.71. The van der Waals surface area contributed by atoms with Gasteiger partial charge in [-0.2, -0.15) is 8.78 Å². The molecule has 1 saturated heterocycles. The molecule has 0 saturated carbocycles. The van der Waals surface area contributed by atoms with Gasteiger partial charge in [0.2, 0.25) is 0 Å². The molecule has 0 unspecified atom stereocenters. The second kappa shape index (κ2) is 4.47. The van der Waals surface area contributed by atoms with E-state index in [2.05, 4.69) is 16.1 Å². The van der Waals surface area contributed by atoms with E-state index >= 15 is 0 Å². The molecule has 0 atom stereocenters. The van der Waals surface area contributed by atoms with Crippen LogP contribution in [0.1, 0.15) is 6.42 Å². The minimum absolute atomic E-state index is 0.205. The molecule has 1 fully saturated rings. The van der Waals surface area contributed by atoms with Crippen molar-refractivity contribution in [3.63, 3.8) is 0 Å². The fourth-order valence-corrected chi connectivity index (χ4v) is 1.66. The molecule has 81 valence electrons. The van der Waals surface area contributed by atoms with E-state index < -0.39 is 6.61 Å². The highest BCUT2D eigenvalue weighted by atomic mass is 19.3. The number of benzene rings is 1. The molecule has 1 aliphatic rings. The molecule has 2 nitrogen and oxygen atoms in total. The van der Waals surface area contributed by atoms with Crippen LogP contribution in [-0.4, -0.2) is 19.7 Å². The molecule has 1 aromatic carbocycles. The monoisotopic (exact) mass is 212 g/mol. The lowest BCUT2D eigenvalue weighted by Gasteiger charge is -2.17. The van der Waals surface area contributed by atoms with Gasteiger partial charge in [0, 0.05) is 18.8 Å². The minimum atomic E-state index is -2.75. The summed E-state index contributed by atoms with van der Waals surface area (Å²) in [4.78, 5) is 2.19. The van der Waals surface area contributed by atoms with Crippen molar-refractivity contribution >= 4 is 5.69 Å². The van der Waals surface area contributed by atoms with Crippen molar-refractivity contribution in [2.45, 2.75) is 13.0 Å². The fraction of sp³-hybridized carbons (Fsp3) is 0.364. The third-order valence-corrected chi connectivity index (χ3v) is 2.38. The van der Waals surface area contributed by atoms with Crippen molar-refractivity contribution in [3.05, 3.63) is 30.7 Å². The van der Waals surface area contributed by atoms with Gasteiger partial charge in [0.1, 0.15) is 5.75 Å². The maximum absolute atomic E-state index is 11.9. The molecule has 1 heterocycles. The van der Waals surface area contributed by atoms with Gasteiger partial charge < -0.3 is 9.64 Å². The highest BCUT2D eigenvalue weighted by Gasteiger charge is 2.12. The summed E-state index contributed by atoms with van der Waals surface area (Å²) in [5.74, 6) is 0.205. The maximum Gasteiger partial charge on any atom is 0.387 e. The summed E-state index contributed by atoms with van der Waals surface area (Å²) in [6.07, 6.45) is 3.28. The number of nitrogens with zero attached hydrogens (tertiary/aromatic N) is 1. The van der Waals surface area contributed by atoms with E-state index in [1.54, 1.807) is 24.3 Å². The lowest BCUT2D eigenvalue weighted by molar-refractivity contribution is -0.0498. The van der Waals surface area contributed by atoms with Gasteiger partial charge >= 0.3 is 6.61 Å². The SMILES string of the molecule is FC(F)Oc1ccc(N2C[CH]CC2)cc1. The lowest BCUT2D eigenvalue weighted by atomic mass is 10.3. The Morgan fingerprint density at radius 2 is 1.93 bits per heavy atom. The normalized spacial score (nSPS) is 16.1. The van der Waals surface area contributed by atoms with Crippen LogP contribution in [0.4, 0.5) is 14.5 Å². The summed E-state index contributed by atoms with van der Waals surface area (Å²) in [7, 11) is 0. The zero-order chi connectivity index (χ0) is 10.7. The van der Waals surface area contributed by atoms with Gasteiger partial charge in [0.15, 0.2) is 0 Å². The standard InChI is InChI=1S/C11H12F2NO/c12-11(13)15-10-5-3-9(4-6-10)14-7-1-2-8-14/h1,3-6,11H,2,7-8H2. The number of rotatable bonds is 3. The van der Waals surface area contributed by atoms with Crippen LogP contribution >= 0.6 is 0 Å². The smallest absolute Gasteiger partial charge is 0.387 e. The second-order valence-corrected chi connectivity index (χ2v) is 3.40. The first-order valence-corrected chi connectivity index (χ1v) is 4.87.